The quantitative estimate of drug-likeness (QED) is 0.468. The van der Waals surface area contributed by atoms with Crippen molar-refractivity contribution in [1.82, 2.24) is 4.57 Å². The second-order valence-corrected chi connectivity index (χ2v) is 5.71. The first-order valence-electron chi connectivity index (χ1n) is 7.97. The van der Waals surface area contributed by atoms with Crippen molar-refractivity contribution in [2.45, 2.75) is 26.9 Å². The van der Waals surface area contributed by atoms with E-state index in [1.807, 2.05) is 54.8 Å². The summed E-state index contributed by atoms with van der Waals surface area (Å²) in [4.78, 5) is 12.0. The average Bonchev–Trinajstić information content (AvgIpc) is 2.92. The maximum absolute atomic E-state index is 12.0. The van der Waals surface area contributed by atoms with Gasteiger partial charge in [-0.15, -0.1) is 0 Å². The van der Waals surface area contributed by atoms with Crippen molar-refractivity contribution in [3.05, 3.63) is 52.9 Å². The molecule has 0 aliphatic rings. The lowest BCUT2D eigenvalue weighted by molar-refractivity contribution is -0.140. The fourth-order valence-electron chi connectivity index (χ4n) is 2.61. The number of benzene rings is 1. The Labute approximate surface area is 152 Å². The van der Waals surface area contributed by atoms with E-state index in [0.717, 1.165) is 28.4 Å². The van der Waals surface area contributed by atoms with Crippen LogP contribution in [-0.2, 0) is 9.53 Å². The Bertz CT molecular complexity index is 925. The van der Waals surface area contributed by atoms with Crippen molar-refractivity contribution in [2.75, 3.05) is 7.11 Å². The van der Waals surface area contributed by atoms with Gasteiger partial charge in [-0.3, -0.25) is 0 Å². The third-order valence-electron chi connectivity index (χ3n) is 3.91. The molecule has 1 unspecified atom stereocenters. The predicted molar refractivity (Wildman–Crippen MR) is 96.6 cm³/mol. The summed E-state index contributed by atoms with van der Waals surface area (Å²) in [6.07, 6.45) is 0.570. The number of nitriles is 2. The summed E-state index contributed by atoms with van der Waals surface area (Å²) >= 11 is 0. The molecule has 6 nitrogen and oxygen atoms in total. The molecule has 1 atom stereocenters. The third kappa shape index (κ3) is 3.93. The Morgan fingerprint density at radius 1 is 1.23 bits per heavy atom. The fraction of sp³-hybridized carbons (Fsp3) is 0.250. The smallest absolute Gasteiger partial charge is 0.350 e. The van der Waals surface area contributed by atoms with Gasteiger partial charge >= 0.3 is 5.97 Å². The number of carbonyl (C=O) groups excluding carboxylic acids is 1. The zero-order valence-electron chi connectivity index (χ0n) is 15.1. The Morgan fingerprint density at radius 2 is 1.88 bits per heavy atom. The highest BCUT2D eigenvalue weighted by Crippen LogP contribution is 2.24. The Morgan fingerprint density at radius 3 is 2.42 bits per heavy atom. The number of aryl methyl sites for hydroxylation is 1. The minimum atomic E-state index is -0.911. The van der Waals surface area contributed by atoms with Crippen LogP contribution in [0, 0.1) is 36.5 Å². The van der Waals surface area contributed by atoms with Gasteiger partial charge in [-0.1, -0.05) is 0 Å². The fourth-order valence-corrected chi connectivity index (χ4v) is 2.61. The molecule has 1 aromatic carbocycles. The topological polar surface area (TPSA) is 88.0 Å². The van der Waals surface area contributed by atoms with E-state index in [1.165, 1.54) is 13.0 Å². The molecule has 1 aromatic heterocycles. The molecule has 0 aliphatic heterocycles. The average molecular weight is 349 g/mol. The van der Waals surface area contributed by atoms with Crippen LogP contribution in [0.5, 0.6) is 5.75 Å². The van der Waals surface area contributed by atoms with Gasteiger partial charge < -0.3 is 14.0 Å². The van der Waals surface area contributed by atoms with Crippen LogP contribution in [0.1, 0.15) is 23.9 Å². The predicted octanol–water partition coefficient (Wildman–Crippen LogP) is 3.47. The normalized spacial score (nSPS) is 12.0. The van der Waals surface area contributed by atoms with E-state index in [1.54, 1.807) is 13.2 Å². The summed E-state index contributed by atoms with van der Waals surface area (Å²) in [5.74, 6) is -0.0479. The van der Waals surface area contributed by atoms with Crippen LogP contribution in [0.15, 0.2) is 35.9 Å². The van der Waals surface area contributed by atoms with Gasteiger partial charge in [0.15, 0.2) is 6.10 Å². The summed E-state index contributed by atoms with van der Waals surface area (Å²) in [6, 6.07) is 13.1. The molecule has 0 saturated heterocycles. The number of rotatable bonds is 5. The van der Waals surface area contributed by atoms with Crippen molar-refractivity contribution in [3.8, 4) is 23.6 Å². The van der Waals surface area contributed by atoms with Crippen LogP contribution in [0.4, 0.5) is 0 Å². The van der Waals surface area contributed by atoms with Gasteiger partial charge in [-0.05, 0) is 62.7 Å². The molecule has 0 amide bonds. The summed E-state index contributed by atoms with van der Waals surface area (Å²) in [7, 11) is 1.61. The lowest BCUT2D eigenvalue weighted by Crippen LogP contribution is -2.14. The van der Waals surface area contributed by atoms with Crippen LogP contribution < -0.4 is 4.74 Å². The molecule has 2 aromatic rings. The van der Waals surface area contributed by atoms with E-state index in [9.17, 15) is 10.1 Å². The van der Waals surface area contributed by atoms with Crippen LogP contribution in [0.3, 0.4) is 0 Å². The van der Waals surface area contributed by atoms with Gasteiger partial charge in [0, 0.05) is 17.1 Å². The first-order valence-corrected chi connectivity index (χ1v) is 7.97. The van der Waals surface area contributed by atoms with Gasteiger partial charge in [0.25, 0.3) is 0 Å². The van der Waals surface area contributed by atoms with Crippen molar-refractivity contribution >= 4 is 12.0 Å². The Kier molecular flexibility index (Phi) is 5.82. The van der Waals surface area contributed by atoms with Gasteiger partial charge in [-0.2, -0.15) is 10.5 Å². The monoisotopic (exact) mass is 349 g/mol. The molecule has 0 bridgehead atoms. The van der Waals surface area contributed by atoms with Crippen LogP contribution in [0.2, 0.25) is 0 Å². The van der Waals surface area contributed by atoms with E-state index >= 15 is 0 Å². The SMILES string of the molecule is COc1ccc(-n2c(C)cc(/C=C(\C#N)C(=O)OC(C)C#N)c2C)cc1. The van der Waals surface area contributed by atoms with E-state index in [2.05, 4.69) is 0 Å². The summed E-state index contributed by atoms with van der Waals surface area (Å²) < 4.78 is 12.1. The largest absolute Gasteiger partial charge is 0.497 e. The first-order chi connectivity index (χ1) is 12.4. The van der Waals surface area contributed by atoms with Crippen LogP contribution in [0.25, 0.3) is 11.8 Å². The summed E-state index contributed by atoms with van der Waals surface area (Å²) in [5.41, 5.74) is 3.36. The molecule has 26 heavy (non-hydrogen) atoms. The highest BCUT2D eigenvalue weighted by molar-refractivity contribution is 5.98. The minimum Gasteiger partial charge on any atom is -0.497 e. The van der Waals surface area contributed by atoms with Gasteiger partial charge in [0.1, 0.15) is 23.5 Å². The number of ether oxygens (including phenoxy) is 2. The standard InChI is InChI=1S/C20H19N3O3/c1-13-9-16(10-17(12-22)20(24)26-14(2)11-21)15(3)23(13)18-5-7-19(25-4)8-6-18/h5-10,14H,1-4H3/b17-10+. The number of hydrogen-bond acceptors (Lipinski definition) is 5. The van der Waals surface area contributed by atoms with Crippen LogP contribution >= 0.6 is 0 Å². The third-order valence-corrected chi connectivity index (χ3v) is 3.91. The van der Waals surface area contributed by atoms with Crippen molar-refractivity contribution in [3.63, 3.8) is 0 Å². The van der Waals surface area contributed by atoms with Crippen LogP contribution in [-0.4, -0.2) is 23.8 Å². The Hall–Kier alpha value is -3.51. The van der Waals surface area contributed by atoms with E-state index in [4.69, 9.17) is 14.7 Å². The molecule has 2 rings (SSSR count). The van der Waals surface area contributed by atoms with Gasteiger partial charge in [0.2, 0.25) is 0 Å². The molecule has 0 radical (unpaired) electrons. The minimum absolute atomic E-state index is 0.151. The highest BCUT2D eigenvalue weighted by Gasteiger charge is 2.16. The summed E-state index contributed by atoms with van der Waals surface area (Å²) in [5, 5.41) is 18.0. The molecule has 0 saturated carbocycles. The van der Waals surface area contributed by atoms with Gasteiger partial charge in [0.05, 0.1) is 7.11 Å². The maximum atomic E-state index is 12.0. The van der Waals surface area contributed by atoms with Gasteiger partial charge in [-0.25, -0.2) is 4.79 Å². The number of aromatic nitrogens is 1. The second-order valence-electron chi connectivity index (χ2n) is 5.71. The van der Waals surface area contributed by atoms with Crippen molar-refractivity contribution in [2.24, 2.45) is 0 Å². The highest BCUT2D eigenvalue weighted by atomic mass is 16.5. The molecule has 0 fully saturated rings. The molecule has 132 valence electrons. The number of carbonyl (C=O) groups is 1. The van der Waals surface area contributed by atoms with E-state index in [0.29, 0.717) is 0 Å². The molecule has 0 spiro atoms. The summed E-state index contributed by atoms with van der Waals surface area (Å²) in [6.45, 7) is 5.29. The first kappa shape index (κ1) is 18.8. The zero-order valence-corrected chi connectivity index (χ0v) is 15.1. The molecular weight excluding hydrogens is 330 g/mol. The lowest BCUT2D eigenvalue weighted by atomic mass is 10.1. The molecule has 1 heterocycles. The number of nitrogens with zero attached hydrogens (tertiary/aromatic N) is 3. The second kappa shape index (κ2) is 8.04. The Balaban J connectivity index is 2.41. The van der Waals surface area contributed by atoms with Crippen molar-refractivity contribution < 1.29 is 14.3 Å². The van der Waals surface area contributed by atoms with E-state index in [-0.39, 0.29) is 5.57 Å². The number of esters is 1. The number of methoxy groups -OCH3 is 1. The van der Waals surface area contributed by atoms with E-state index < -0.39 is 12.1 Å². The zero-order chi connectivity index (χ0) is 19.3. The molecule has 0 N–H and O–H groups in total. The maximum Gasteiger partial charge on any atom is 0.350 e. The lowest BCUT2D eigenvalue weighted by Gasteiger charge is -2.10. The molecule has 0 aliphatic carbocycles. The molecule has 6 heteroatoms. The van der Waals surface area contributed by atoms with Crippen molar-refractivity contribution in [1.29, 1.82) is 10.5 Å². The molecular formula is C20H19N3O3. The number of hydrogen-bond donors (Lipinski definition) is 0.